The van der Waals surface area contributed by atoms with Gasteiger partial charge in [-0.2, -0.15) is 0 Å². The molecule has 0 saturated heterocycles. The molecule has 5 heteroatoms. The fraction of sp³-hybridized carbons (Fsp3) is 0.176. The summed E-state index contributed by atoms with van der Waals surface area (Å²) >= 11 is 0. The Bertz CT molecular complexity index is 668. The van der Waals surface area contributed by atoms with Gasteiger partial charge in [-0.3, -0.25) is 0 Å². The van der Waals surface area contributed by atoms with Gasteiger partial charge in [0.15, 0.2) is 0 Å². The van der Waals surface area contributed by atoms with Crippen LogP contribution < -0.4 is 11.1 Å². The molecule has 2 aromatic rings. The van der Waals surface area contributed by atoms with E-state index in [1.807, 2.05) is 42.5 Å². The topological polar surface area (TPSA) is 88.2 Å². The van der Waals surface area contributed by atoms with Crippen LogP contribution in [0.5, 0.6) is 0 Å². The van der Waals surface area contributed by atoms with Crippen molar-refractivity contribution in [1.29, 1.82) is 0 Å². The van der Waals surface area contributed by atoms with Crippen LogP contribution in [0.4, 0.5) is 5.82 Å². The Morgan fingerprint density at radius 3 is 2.86 bits per heavy atom. The van der Waals surface area contributed by atoms with E-state index < -0.39 is 5.97 Å². The van der Waals surface area contributed by atoms with Crippen LogP contribution in [0.2, 0.25) is 0 Å². The zero-order valence-corrected chi connectivity index (χ0v) is 12.2. The highest BCUT2D eigenvalue weighted by atomic mass is 16.4. The molecular formula is C17H19N3O2. The number of hydrogen-bond donors (Lipinski definition) is 3. The summed E-state index contributed by atoms with van der Waals surface area (Å²) in [6.07, 6.45) is 3.58. The average Bonchev–Trinajstić information content (AvgIpc) is 2.54. The van der Waals surface area contributed by atoms with E-state index in [1.165, 1.54) is 0 Å². The number of anilines is 1. The SMILES string of the molecule is NCCCNc1cccc(-c2cccc(C=CC(=O)O)c2)n1. The molecule has 1 heterocycles. The molecule has 1 aromatic heterocycles. The van der Waals surface area contributed by atoms with Gasteiger partial charge in [-0.15, -0.1) is 0 Å². The van der Waals surface area contributed by atoms with Crippen LogP contribution in [0.1, 0.15) is 12.0 Å². The van der Waals surface area contributed by atoms with E-state index >= 15 is 0 Å². The highest BCUT2D eigenvalue weighted by Gasteiger charge is 2.02. The normalized spacial score (nSPS) is 10.8. The monoisotopic (exact) mass is 297 g/mol. The predicted octanol–water partition coefficient (Wildman–Crippen LogP) is 2.61. The van der Waals surface area contributed by atoms with Crippen molar-refractivity contribution in [2.75, 3.05) is 18.4 Å². The van der Waals surface area contributed by atoms with Crippen molar-refractivity contribution >= 4 is 17.9 Å². The Labute approximate surface area is 129 Å². The van der Waals surface area contributed by atoms with E-state index in [0.29, 0.717) is 6.54 Å². The Morgan fingerprint density at radius 1 is 1.27 bits per heavy atom. The number of carboxylic acids is 1. The quantitative estimate of drug-likeness (QED) is 0.540. The summed E-state index contributed by atoms with van der Waals surface area (Å²) in [5, 5.41) is 11.9. The molecule has 0 bridgehead atoms. The fourth-order valence-corrected chi connectivity index (χ4v) is 1.98. The molecule has 0 radical (unpaired) electrons. The third-order valence-electron chi connectivity index (χ3n) is 3.04. The van der Waals surface area contributed by atoms with E-state index in [1.54, 1.807) is 6.08 Å². The van der Waals surface area contributed by atoms with Crippen LogP contribution >= 0.6 is 0 Å². The van der Waals surface area contributed by atoms with Crippen molar-refractivity contribution in [2.24, 2.45) is 5.73 Å². The summed E-state index contributed by atoms with van der Waals surface area (Å²) in [6.45, 7) is 1.43. The van der Waals surface area contributed by atoms with E-state index in [4.69, 9.17) is 10.8 Å². The summed E-state index contributed by atoms with van der Waals surface area (Å²) in [6, 6.07) is 13.4. The lowest BCUT2D eigenvalue weighted by Crippen LogP contribution is -2.09. The number of pyridine rings is 1. The highest BCUT2D eigenvalue weighted by molar-refractivity contribution is 5.85. The number of benzene rings is 1. The number of nitrogens with zero attached hydrogens (tertiary/aromatic N) is 1. The van der Waals surface area contributed by atoms with E-state index in [0.717, 1.165) is 41.7 Å². The standard InChI is InChI=1S/C17H19N3O2/c18-10-3-11-19-16-7-2-6-15(20-16)14-5-1-4-13(12-14)8-9-17(21)22/h1-2,4-9,12H,3,10-11,18H2,(H,19,20)(H,21,22). The largest absolute Gasteiger partial charge is 0.478 e. The minimum Gasteiger partial charge on any atom is -0.478 e. The summed E-state index contributed by atoms with van der Waals surface area (Å²) in [5.74, 6) is -0.160. The fourth-order valence-electron chi connectivity index (χ4n) is 1.98. The maximum Gasteiger partial charge on any atom is 0.328 e. The summed E-state index contributed by atoms with van der Waals surface area (Å²) in [7, 11) is 0. The number of nitrogens with one attached hydrogen (secondary N) is 1. The van der Waals surface area contributed by atoms with E-state index in [9.17, 15) is 4.79 Å². The molecule has 22 heavy (non-hydrogen) atoms. The molecule has 1 aromatic carbocycles. The first-order chi connectivity index (χ1) is 10.7. The molecule has 0 fully saturated rings. The Balaban J connectivity index is 2.19. The van der Waals surface area contributed by atoms with Crippen molar-refractivity contribution in [3.8, 4) is 11.3 Å². The number of nitrogens with two attached hydrogens (primary N) is 1. The third-order valence-corrected chi connectivity index (χ3v) is 3.04. The summed E-state index contributed by atoms with van der Waals surface area (Å²) in [4.78, 5) is 15.1. The average molecular weight is 297 g/mol. The molecular weight excluding hydrogens is 278 g/mol. The molecule has 0 unspecified atom stereocenters. The van der Waals surface area contributed by atoms with Gasteiger partial charge in [0.05, 0.1) is 5.69 Å². The molecule has 0 atom stereocenters. The lowest BCUT2D eigenvalue weighted by molar-refractivity contribution is -0.131. The summed E-state index contributed by atoms with van der Waals surface area (Å²) < 4.78 is 0. The number of carboxylic acid groups (broad SMARTS) is 1. The first-order valence-electron chi connectivity index (χ1n) is 7.11. The van der Waals surface area contributed by atoms with Crippen molar-refractivity contribution < 1.29 is 9.90 Å². The Morgan fingerprint density at radius 2 is 2.09 bits per heavy atom. The van der Waals surface area contributed by atoms with Crippen molar-refractivity contribution in [2.45, 2.75) is 6.42 Å². The Hall–Kier alpha value is -2.66. The van der Waals surface area contributed by atoms with Crippen LogP contribution in [0.15, 0.2) is 48.5 Å². The first kappa shape index (κ1) is 15.7. The van der Waals surface area contributed by atoms with Gasteiger partial charge < -0.3 is 16.2 Å². The van der Waals surface area contributed by atoms with Crippen LogP contribution in [0, 0.1) is 0 Å². The summed E-state index contributed by atoms with van der Waals surface area (Å²) in [5.41, 5.74) is 8.07. The zero-order valence-electron chi connectivity index (χ0n) is 12.2. The number of aliphatic carboxylic acids is 1. The molecule has 0 spiro atoms. The van der Waals surface area contributed by atoms with Gasteiger partial charge in [-0.25, -0.2) is 9.78 Å². The van der Waals surface area contributed by atoms with Gasteiger partial charge in [-0.05, 0) is 42.8 Å². The predicted molar refractivity (Wildman–Crippen MR) is 88.5 cm³/mol. The second-order valence-electron chi connectivity index (χ2n) is 4.77. The number of rotatable bonds is 7. The van der Waals surface area contributed by atoms with Crippen molar-refractivity contribution in [3.05, 3.63) is 54.1 Å². The maximum atomic E-state index is 10.6. The molecule has 2 rings (SSSR count). The lowest BCUT2D eigenvalue weighted by atomic mass is 10.1. The van der Waals surface area contributed by atoms with Crippen LogP contribution in [-0.2, 0) is 4.79 Å². The molecule has 5 nitrogen and oxygen atoms in total. The molecule has 0 saturated carbocycles. The van der Waals surface area contributed by atoms with Gasteiger partial charge in [-0.1, -0.05) is 24.3 Å². The minimum atomic E-state index is -0.963. The van der Waals surface area contributed by atoms with E-state index in [-0.39, 0.29) is 0 Å². The molecule has 4 N–H and O–H groups in total. The number of aromatic nitrogens is 1. The zero-order chi connectivity index (χ0) is 15.8. The van der Waals surface area contributed by atoms with Crippen LogP contribution in [-0.4, -0.2) is 29.1 Å². The smallest absolute Gasteiger partial charge is 0.328 e. The lowest BCUT2D eigenvalue weighted by Gasteiger charge is -2.07. The van der Waals surface area contributed by atoms with Gasteiger partial charge in [0, 0.05) is 18.2 Å². The van der Waals surface area contributed by atoms with Gasteiger partial charge in [0.1, 0.15) is 5.82 Å². The highest BCUT2D eigenvalue weighted by Crippen LogP contribution is 2.20. The Kier molecular flexibility index (Phi) is 5.68. The minimum absolute atomic E-state index is 0.644. The number of hydrogen-bond acceptors (Lipinski definition) is 4. The molecule has 0 aliphatic rings. The molecule has 0 aliphatic heterocycles. The maximum absolute atomic E-state index is 10.6. The van der Waals surface area contributed by atoms with Crippen molar-refractivity contribution in [3.63, 3.8) is 0 Å². The molecule has 0 amide bonds. The van der Waals surface area contributed by atoms with Gasteiger partial charge in [0.25, 0.3) is 0 Å². The number of carbonyl (C=O) groups is 1. The second kappa shape index (κ2) is 7.95. The van der Waals surface area contributed by atoms with Crippen LogP contribution in [0.25, 0.3) is 17.3 Å². The third kappa shape index (κ3) is 4.71. The molecule has 114 valence electrons. The molecule has 0 aliphatic carbocycles. The second-order valence-corrected chi connectivity index (χ2v) is 4.77. The first-order valence-corrected chi connectivity index (χ1v) is 7.11. The van der Waals surface area contributed by atoms with Crippen LogP contribution in [0.3, 0.4) is 0 Å². The van der Waals surface area contributed by atoms with E-state index in [2.05, 4.69) is 10.3 Å². The van der Waals surface area contributed by atoms with Crippen molar-refractivity contribution in [1.82, 2.24) is 4.98 Å². The van der Waals surface area contributed by atoms with Gasteiger partial charge >= 0.3 is 5.97 Å². The van der Waals surface area contributed by atoms with Gasteiger partial charge in [0.2, 0.25) is 0 Å².